The lowest BCUT2D eigenvalue weighted by atomic mass is 9.95. The number of fused-ring (bicyclic) bond motifs is 2. The predicted molar refractivity (Wildman–Crippen MR) is 256 cm³/mol. The number of nitrogens with zero attached hydrogens (tertiary/aromatic N) is 4. The number of rotatable bonds is 16. The van der Waals surface area contributed by atoms with E-state index in [-0.39, 0.29) is 47.1 Å². The molecule has 72 heavy (non-hydrogen) atoms. The van der Waals surface area contributed by atoms with E-state index < -0.39 is 42.8 Å². The van der Waals surface area contributed by atoms with E-state index in [2.05, 4.69) is 27.5 Å². The largest absolute Gasteiger partial charge is 0.478 e. The molecule has 19 heteroatoms. The van der Waals surface area contributed by atoms with Crippen LogP contribution in [-0.2, 0) is 0 Å². The van der Waals surface area contributed by atoms with Crippen LogP contribution in [0.15, 0.2) is 122 Å². The second-order valence-corrected chi connectivity index (χ2v) is 17.8. The summed E-state index contributed by atoms with van der Waals surface area (Å²) in [6.45, 7) is 4.95. The monoisotopic (exact) mass is 998 g/mol. The van der Waals surface area contributed by atoms with Crippen molar-refractivity contribution in [3.8, 4) is 34.4 Å². The number of ether oxygens (including phenoxy) is 2. The number of carboxylic acid groups (broad SMARTS) is 1. The Balaban J connectivity index is 0.000000194. The lowest BCUT2D eigenvalue weighted by Gasteiger charge is -2.14. The smallest absolute Gasteiger partial charge is 0.390 e. The molecule has 1 aliphatic rings. The van der Waals surface area contributed by atoms with E-state index in [9.17, 15) is 49.8 Å². The Morgan fingerprint density at radius 2 is 1.07 bits per heavy atom. The zero-order valence-electron chi connectivity index (χ0n) is 38.9. The highest BCUT2D eigenvalue weighted by Crippen LogP contribution is 2.49. The summed E-state index contributed by atoms with van der Waals surface area (Å²) in [5.74, 6) is -0.881. The molecule has 0 atom stereocenters. The van der Waals surface area contributed by atoms with Crippen molar-refractivity contribution in [2.75, 3.05) is 23.7 Å². The van der Waals surface area contributed by atoms with Crippen molar-refractivity contribution in [2.45, 2.75) is 65.2 Å². The third-order valence-electron chi connectivity index (χ3n) is 12.0. The minimum Gasteiger partial charge on any atom is -0.478 e. The number of halogens is 8. The van der Waals surface area contributed by atoms with Crippen molar-refractivity contribution in [2.24, 2.45) is 5.41 Å². The molecule has 374 valence electrons. The maximum absolute atomic E-state index is 13.7. The zero-order chi connectivity index (χ0) is 51.5. The molecule has 1 saturated carbocycles. The lowest BCUT2D eigenvalue weighted by Crippen LogP contribution is -2.14. The average molecular weight is 999 g/mol. The molecule has 11 nitrogen and oxygen atoms in total. The third-order valence-corrected chi connectivity index (χ3v) is 12.0. The van der Waals surface area contributed by atoms with E-state index in [1.165, 1.54) is 54.9 Å². The summed E-state index contributed by atoms with van der Waals surface area (Å²) < 4.78 is 119. The van der Waals surface area contributed by atoms with Crippen molar-refractivity contribution < 1.29 is 59.3 Å². The fraction of sp³-hybridized carbons (Fsp3) is 0.245. The van der Waals surface area contributed by atoms with Crippen molar-refractivity contribution >= 4 is 45.2 Å². The lowest BCUT2D eigenvalue weighted by molar-refractivity contribution is -0.132. The van der Waals surface area contributed by atoms with Gasteiger partial charge in [0.1, 0.15) is 58.3 Å². The summed E-state index contributed by atoms with van der Waals surface area (Å²) in [5.41, 5.74) is 6.25. The molecule has 0 spiro atoms. The van der Waals surface area contributed by atoms with Gasteiger partial charge in [0.15, 0.2) is 5.78 Å². The van der Waals surface area contributed by atoms with Crippen LogP contribution in [0.2, 0.25) is 0 Å². The summed E-state index contributed by atoms with van der Waals surface area (Å²) in [7, 11) is 0. The number of aryl methyl sites for hydroxylation is 2. The number of alkyl halides is 6. The molecule has 1 fully saturated rings. The Hall–Kier alpha value is -7.96. The number of Topliss-reactive ketones (excluding diaryl/α,β-unsaturated/α-hetero) is 1. The number of aromatic carboxylic acids is 1. The highest BCUT2D eigenvalue weighted by molar-refractivity contribution is 5.98. The molecule has 9 rings (SSSR count). The molecule has 0 bridgehead atoms. The standard InChI is InChI=1S/C29H27F4N3O2.C24H19F4N3O3/c1-18-12-20(6-7-23(18)26(37)16-28(2)8-9-28)36-17-35-27-24(34-11-10-29(31,32)33)14-22(15-25(27)36)38-21-5-3-4-19(30)13-21;1-14-9-16(5-6-19(14)23(32)33)31-13-30-22-20(29-8-7-24(26,27)28)11-18(12-21(22)31)34-17-4-2-3-15(25)10-17/h3-7,12-15,17,34H,8-11,16H2,1-2H3;2-6,9-13,29H,7-8H2,1H3,(H,32,33). The Kier molecular flexibility index (Phi) is 14.3. The van der Waals surface area contributed by atoms with Crippen molar-refractivity contribution in [3.05, 3.63) is 156 Å². The van der Waals surface area contributed by atoms with Gasteiger partial charge in [0.25, 0.3) is 0 Å². The van der Waals surface area contributed by atoms with Gasteiger partial charge in [-0.2, -0.15) is 26.3 Å². The molecule has 0 amide bonds. The van der Waals surface area contributed by atoms with Crippen LogP contribution in [0.25, 0.3) is 33.4 Å². The van der Waals surface area contributed by atoms with Gasteiger partial charge in [-0.15, -0.1) is 0 Å². The number of imidazole rings is 2. The van der Waals surface area contributed by atoms with Crippen LogP contribution in [-0.4, -0.2) is 61.4 Å². The van der Waals surface area contributed by atoms with Gasteiger partial charge >= 0.3 is 18.3 Å². The second-order valence-electron chi connectivity index (χ2n) is 17.8. The van der Waals surface area contributed by atoms with Gasteiger partial charge in [-0.3, -0.25) is 13.9 Å². The number of hydrogen-bond acceptors (Lipinski definition) is 8. The molecule has 3 N–H and O–H groups in total. The van der Waals surface area contributed by atoms with Crippen LogP contribution in [0, 0.1) is 30.9 Å². The van der Waals surface area contributed by atoms with Crippen LogP contribution >= 0.6 is 0 Å². The van der Waals surface area contributed by atoms with E-state index in [1.54, 1.807) is 70.9 Å². The number of nitrogens with one attached hydrogen (secondary N) is 2. The highest BCUT2D eigenvalue weighted by atomic mass is 19.4. The fourth-order valence-electron chi connectivity index (χ4n) is 8.01. The summed E-state index contributed by atoms with van der Waals surface area (Å²) in [6, 6.07) is 27.7. The van der Waals surface area contributed by atoms with Crippen molar-refractivity contribution in [3.63, 3.8) is 0 Å². The van der Waals surface area contributed by atoms with E-state index >= 15 is 0 Å². The number of benzene rings is 6. The summed E-state index contributed by atoms with van der Waals surface area (Å²) in [5, 5.41) is 14.8. The molecule has 1 aliphatic carbocycles. The van der Waals surface area contributed by atoms with Crippen LogP contribution in [0.3, 0.4) is 0 Å². The number of carbonyl (C=O) groups excluding carboxylic acids is 1. The van der Waals surface area contributed by atoms with Crippen molar-refractivity contribution in [1.82, 2.24) is 19.1 Å². The molecular formula is C53H46F8N6O5. The first-order chi connectivity index (χ1) is 34.1. The quantitative estimate of drug-likeness (QED) is 0.0639. The highest BCUT2D eigenvalue weighted by Gasteiger charge is 2.39. The second kappa shape index (κ2) is 20.4. The van der Waals surface area contributed by atoms with Crippen LogP contribution in [0.4, 0.5) is 46.5 Å². The molecule has 2 aromatic heterocycles. The average Bonchev–Trinajstić information content (AvgIpc) is 3.63. The first-order valence-corrected chi connectivity index (χ1v) is 22.6. The number of carboxylic acids is 1. The minimum atomic E-state index is -4.33. The molecule has 8 aromatic rings. The van der Waals surface area contributed by atoms with E-state index in [0.717, 1.165) is 24.1 Å². The van der Waals surface area contributed by atoms with Gasteiger partial charge in [-0.25, -0.2) is 23.5 Å². The predicted octanol–water partition coefficient (Wildman–Crippen LogP) is 14.3. The number of ketones is 1. The number of carbonyl (C=O) groups is 2. The van der Waals surface area contributed by atoms with Gasteiger partial charge in [0.2, 0.25) is 0 Å². The number of hydrogen-bond donors (Lipinski definition) is 3. The Labute approximate surface area is 407 Å². The molecule has 0 unspecified atom stereocenters. The maximum Gasteiger partial charge on any atom is 0.390 e. The zero-order valence-corrected chi connectivity index (χ0v) is 38.9. The normalized spacial score (nSPS) is 13.1. The Morgan fingerprint density at radius 1 is 0.625 bits per heavy atom. The number of anilines is 2. The summed E-state index contributed by atoms with van der Waals surface area (Å²) in [6.07, 6.45) is -4.98. The molecule has 0 aliphatic heterocycles. The first-order valence-electron chi connectivity index (χ1n) is 22.6. The molecular weight excluding hydrogens is 953 g/mol. The van der Waals surface area contributed by atoms with Crippen LogP contribution < -0.4 is 20.1 Å². The van der Waals surface area contributed by atoms with E-state index in [0.29, 0.717) is 62.4 Å². The van der Waals surface area contributed by atoms with Gasteiger partial charge < -0.3 is 25.2 Å². The van der Waals surface area contributed by atoms with E-state index in [1.807, 2.05) is 19.1 Å². The summed E-state index contributed by atoms with van der Waals surface area (Å²) in [4.78, 5) is 33.0. The van der Waals surface area contributed by atoms with Gasteiger partial charge in [-0.05, 0) is 104 Å². The van der Waals surface area contributed by atoms with Gasteiger partial charge in [-0.1, -0.05) is 19.1 Å². The van der Waals surface area contributed by atoms with Crippen LogP contribution in [0.1, 0.15) is 70.9 Å². The summed E-state index contributed by atoms with van der Waals surface area (Å²) >= 11 is 0. The maximum atomic E-state index is 13.7. The topological polar surface area (TPSA) is 133 Å². The fourth-order valence-corrected chi connectivity index (χ4v) is 8.01. The molecule has 2 heterocycles. The molecule has 0 saturated heterocycles. The Bertz CT molecular complexity index is 3310. The van der Waals surface area contributed by atoms with Gasteiger partial charge in [0.05, 0.1) is 40.8 Å². The SMILES string of the molecule is Cc1cc(-n2cnc3c(NCCC(F)(F)F)cc(Oc4cccc(F)c4)cc32)ccc1C(=O)CC1(C)CC1.Cc1cc(-n2cnc3c(NCCC(F)(F)F)cc(Oc4cccc(F)c4)cc32)ccc1C(=O)O. The van der Waals surface area contributed by atoms with Crippen LogP contribution in [0.5, 0.6) is 23.0 Å². The number of aromatic nitrogens is 4. The van der Waals surface area contributed by atoms with Gasteiger partial charge in [0, 0.05) is 72.8 Å². The Morgan fingerprint density at radius 3 is 1.46 bits per heavy atom. The minimum absolute atomic E-state index is 0.107. The van der Waals surface area contributed by atoms with Crippen molar-refractivity contribution in [1.29, 1.82) is 0 Å². The first kappa shape index (κ1) is 50.4. The third kappa shape index (κ3) is 12.5. The molecule has 0 radical (unpaired) electrons. The molecule has 6 aromatic carbocycles. The van der Waals surface area contributed by atoms with E-state index in [4.69, 9.17) is 9.47 Å².